The Labute approximate surface area is 293 Å². The van der Waals surface area contributed by atoms with E-state index in [2.05, 4.69) is 170 Å². The average molecular weight is 794 g/mol. The zero-order chi connectivity index (χ0) is 32.5. The van der Waals surface area contributed by atoms with Crippen molar-refractivity contribution in [1.82, 2.24) is 0 Å². The van der Waals surface area contributed by atoms with Gasteiger partial charge in [-0.3, -0.25) is 0 Å². The third kappa shape index (κ3) is 6.94. The predicted octanol–water partition coefficient (Wildman–Crippen LogP) is 12.5. The van der Waals surface area contributed by atoms with Crippen LogP contribution in [0.3, 0.4) is 0 Å². The molecule has 0 fully saturated rings. The zero-order valence-corrected chi connectivity index (χ0v) is 31.4. The van der Waals surface area contributed by atoms with Crippen molar-refractivity contribution < 1.29 is 31.5 Å². The van der Waals surface area contributed by atoms with Gasteiger partial charge in [-0.2, -0.15) is 0 Å². The second-order valence-electron chi connectivity index (χ2n) is 14.1. The Morgan fingerprint density at radius 2 is 0.826 bits per heavy atom. The van der Waals surface area contributed by atoms with Gasteiger partial charge in [0.1, 0.15) is 0 Å². The molecule has 0 aliphatic carbocycles. The first-order valence-corrected chi connectivity index (χ1v) is 16.6. The van der Waals surface area contributed by atoms with Gasteiger partial charge in [0.2, 0.25) is 11.4 Å². The average Bonchev–Trinajstić information content (AvgIpc) is 3.50. The van der Waals surface area contributed by atoms with Crippen LogP contribution >= 0.6 is 0 Å². The van der Waals surface area contributed by atoms with Crippen molar-refractivity contribution in [1.29, 1.82) is 0 Å². The summed E-state index contributed by atoms with van der Waals surface area (Å²) in [6.07, 6.45) is 4.32. The van der Waals surface area contributed by atoms with Crippen LogP contribution < -0.4 is 0 Å². The molecule has 2 aliphatic heterocycles. The number of hydrogen-bond donors (Lipinski definition) is 0. The van der Waals surface area contributed by atoms with E-state index in [0.29, 0.717) is 23.7 Å². The van der Waals surface area contributed by atoms with E-state index in [4.69, 9.17) is 5.32 Å². The molecule has 6 rings (SSSR count). The summed E-state index contributed by atoms with van der Waals surface area (Å²) in [4.78, 5) is 0. The van der Waals surface area contributed by atoms with E-state index in [1.807, 2.05) is 12.1 Å². The van der Waals surface area contributed by atoms with Crippen LogP contribution in [0.1, 0.15) is 126 Å². The Kier molecular flexibility index (Phi) is 11.2. The maximum atomic E-state index is 4.70. The van der Waals surface area contributed by atoms with Crippen molar-refractivity contribution in [3.8, 4) is 0 Å². The van der Waals surface area contributed by atoms with E-state index in [0.717, 1.165) is 11.4 Å². The monoisotopic (exact) mass is 793 g/mol. The minimum atomic E-state index is 0. The van der Waals surface area contributed by atoms with Gasteiger partial charge < -0.3 is 5.32 Å². The Hall–Kier alpha value is -3.46. The summed E-state index contributed by atoms with van der Waals surface area (Å²) in [5.41, 5.74) is 12.9. The summed E-state index contributed by atoms with van der Waals surface area (Å²) in [5, 5.41) is 4.70. The Bertz CT molecular complexity index is 1620. The van der Waals surface area contributed by atoms with Gasteiger partial charge in [-0.15, -0.1) is 11.4 Å². The van der Waals surface area contributed by atoms with Crippen molar-refractivity contribution >= 4 is 28.8 Å². The van der Waals surface area contributed by atoms with Gasteiger partial charge in [-0.1, -0.05) is 174 Å². The fourth-order valence-corrected chi connectivity index (χ4v) is 6.62. The predicted molar refractivity (Wildman–Crippen MR) is 191 cm³/mol. The van der Waals surface area contributed by atoms with Crippen LogP contribution in [-0.4, -0.2) is 15.2 Å². The standard InChI is InChI=1S/C27H36N2.C15H14N.Au/c1-18(2)22-11-9-12-23(19(3)4)26(22)28-15-16-29(17-28)27-24(20(5)6)13-10-14-25(27)21(7)8;1-15(2)11-7-3-5-9-13(11)16-14-10-6-4-8-12(14)15;/h9-16,18-21H,1-8H3;3-10H,1-2H3;/q+2;-1;+1. The quantitative estimate of drug-likeness (QED) is 0.137. The van der Waals surface area contributed by atoms with Crippen molar-refractivity contribution in [2.45, 2.75) is 98.3 Å². The third-order valence-electron chi connectivity index (χ3n) is 9.14. The minimum Gasteiger partial charge on any atom is -0.657 e. The van der Waals surface area contributed by atoms with Crippen molar-refractivity contribution in [3.05, 3.63) is 136 Å². The van der Waals surface area contributed by atoms with E-state index in [9.17, 15) is 0 Å². The van der Waals surface area contributed by atoms with Gasteiger partial charge in [0.05, 0.1) is 0 Å². The first-order valence-electron chi connectivity index (χ1n) is 16.6. The fourth-order valence-electron chi connectivity index (χ4n) is 6.62. The Balaban J connectivity index is 0.000000238. The van der Waals surface area contributed by atoms with Crippen molar-refractivity contribution in [2.24, 2.45) is 0 Å². The zero-order valence-electron chi connectivity index (χ0n) is 29.2. The largest absolute Gasteiger partial charge is 1.00 e. The number of benzene rings is 4. The van der Waals surface area contributed by atoms with E-state index in [1.165, 1.54) is 44.8 Å². The first kappa shape index (κ1) is 35.4. The number of nitrogens with zero attached hydrogens (tertiary/aromatic N) is 3. The fraction of sp³-hybridized carbons (Fsp3) is 0.357. The molecule has 0 atom stereocenters. The van der Waals surface area contributed by atoms with E-state index < -0.39 is 0 Å². The van der Waals surface area contributed by atoms with Gasteiger partial charge in [-0.05, 0) is 23.7 Å². The van der Waals surface area contributed by atoms with Crippen LogP contribution in [0.15, 0.2) is 97.3 Å². The Morgan fingerprint density at radius 1 is 0.500 bits per heavy atom. The molecule has 0 amide bonds. The van der Waals surface area contributed by atoms with E-state index >= 15 is 0 Å². The van der Waals surface area contributed by atoms with Crippen molar-refractivity contribution in [2.75, 3.05) is 0 Å². The van der Waals surface area contributed by atoms with Gasteiger partial charge in [-0.25, -0.2) is 0 Å². The molecule has 0 saturated heterocycles. The summed E-state index contributed by atoms with van der Waals surface area (Å²) < 4.78 is 4.40. The molecule has 2 heterocycles. The number of para-hydroxylation sites is 4. The maximum Gasteiger partial charge on any atom is 1.00 e. The molecule has 0 aromatic heterocycles. The van der Waals surface area contributed by atoms with Gasteiger partial charge in [0.25, 0.3) is 12.4 Å². The summed E-state index contributed by atoms with van der Waals surface area (Å²) in [6.45, 7) is 22.7. The van der Waals surface area contributed by atoms with Crippen LogP contribution in [0.5, 0.6) is 0 Å². The molecule has 0 unspecified atom stereocenters. The summed E-state index contributed by atoms with van der Waals surface area (Å²) in [7, 11) is 0. The second-order valence-corrected chi connectivity index (χ2v) is 14.1. The first-order chi connectivity index (χ1) is 21.4. The number of hydrogen-bond acceptors (Lipinski definition) is 0. The smallest absolute Gasteiger partial charge is 0.657 e. The molecule has 4 heteroatoms. The van der Waals surface area contributed by atoms with E-state index in [-0.39, 0.29) is 27.8 Å². The molecule has 242 valence electrons. The number of rotatable bonds is 6. The normalized spacial score (nSPS) is 14.2. The summed E-state index contributed by atoms with van der Waals surface area (Å²) in [5.74, 6) is 1.84. The van der Waals surface area contributed by atoms with Crippen LogP contribution in [0.4, 0.5) is 22.7 Å². The molecular weight excluding hydrogens is 743 g/mol. The molecule has 46 heavy (non-hydrogen) atoms. The Morgan fingerprint density at radius 3 is 1.15 bits per heavy atom. The molecule has 0 bridgehead atoms. The van der Waals surface area contributed by atoms with Crippen molar-refractivity contribution in [3.63, 3.8) is 0 Å². The molecular formula is C42H50AuN3+2. The molecule has 0 N–H and O–H groups in total. The van der Waals surface area contributed by atoms with Gasteiger partial charge in [0.15, 0.2) is 0 Å². The van der Waals surface area contributed by atoms with Gasteiger partial charge >= 0.3 is 28.4 Å². The second kappa shape index (κ2) is 14.5. The van der Waals surface area contributed by atoms with Crippen LogP contribution in [-0.2, 0) is 27.8 Å². The third-order valence-corrected chi connectivity index (χ3v) is 9.14. The molecule has 4 aromatic rings. The van der Waals surface area contributed by atoms with Gasteiger partial charge in [0, 0.05) is 27.7 Å². The molecule has 0 radical (unpaired) electrons. The molecule has 3 nitrogen and oxygen atoms in total. The topological polar surface area (TPSA) is 20.1 Å². The SMILES string of the molecule is CC(C)c1cccc(C(C)C)c1[N+]1=C=[N+](c2c(C(C)C)cccc2C(C)C)C=C1.CC1(C)c2ccccc2[N-]c2ccccc21.[Au+]. The van der Waals surface area contributed by atoms with E-state index in [1.54, 1.807) is 0 Å². The minimum absolute atomic E-state index is 0. The van der Waals surface area contributed by atoms with Crippen LogP contribution in [0.2, 0.25) is 0 Å². The number of fused-ring (bicyclic) bond motifs is 2. The molecule has 0 spiro atoms. The summed E-state index contributed by atoms with van der Waals surface area (Å²) >= 11 is 0. The molecule has 4 aromatic carbocycles. The molecule has 2 aliphatic rings. The molecule has 0 saturated carbocycles. The van der Waals surface area contributed by atoms with Crippen LogP contribution in [0.25, 0.3) is 5.32 Å². The summed E-state index contributed by atoms with van der Waals surface area (Å²) in [6, 6.07) is 33.9. The van der Waals surface area contributed by atoms with Crippen LogP contribution in [0, 0.1) is 0 Å². The maximum absolute atomic E-state index is 4.70.